The maximum atomic E-state index is 2.60. The van der Waals surface area contributed by atoms with E-state index in [9.17, 15) is 0 Å². The summed E-state index contributed by atoms with van der Waals surface area (Å²) in [6, 6.07) is 1.68. The first-order chi connectivity index (χ1) is 8.43. The summed E-state index contributed by atoms with van der Waals surface area (Å²) in [6.07, 6.45) is 19.1. The first kappa shape index (κ1) is 20.8. The summed E-state index contributed by atoms with van der Waals surface area (Å²) in [6.45, 7) is 1.18. The SMILES string of the molecule is C1=CN(C2CCCCC2)CN1C1CCCCC1.[Br-].[Br-].[Cu+2]. The molecule has 121 valence electrons. The van der Waals surface area contributed by atoms with Crippen LogP contribution in [0.25, 0.3) is 0 Å². The van der Waals surface area contributed by atoms with Crippen LogP contribution in [-0.4, -0.2) is 28.6 Å². The smallest absolute Gasteiger partial charge is 1.00 e. The normalized spacial score (nSPS) is 23.8. The molecular weight excluding hydrogens is 432 g/mol. The Morgan fingerprint density at radius 1 is 0.600 bits per heavy atom. The van der Waals surface area contributed by atoms with Crippen molar-refractivity contribution < 1.29 is 51.0 Å². The third kappa shape index (κ3) is 5.22. The summed E-state index contributed by atoms with van der Waals surface area (Å²) >= 11 is 0. The van der Waals surface area contributed by atoms with Crippen molar-refractivity contribution in [3.8, 4) is 0 Å². The Morgan fingerprint density at radius 2 is 0.950 bits per heavy atom. The Kier molecular flexibility index (Phi) is 11.0. The minimum atomic E-state index is 0. The van der Waals surface area contributed by atoms with Gasteiger partial charge in [-0.15, -0.1) is 0 Å². The van der Waals surface area contributed by atoms with Crippen LogP contribution in [0.3, 0.4) is 0 Å². The third-order valence-corrected chi connectivity index (χ3v) is 4.86. The van der Waals surface area contributed by atoms with Crippen LogP contribution in [-0.2, 0) is 17.1 Å². The monoisotopic (exact) mass is 455 g/mol. The van der Waals surface area contributed by atoms with Gasteiger partial charge >= 0.3 is 17.1 Å². The van der Waals surface area contributed by atoms with E-state index < -0.39 is 0 Å². The predicted molar refractivity (Wildman–Crippen MR) is 71.4 cm³/mol. The van der Waals surface area contributed by atoms with Crippen molar-refractivity contribution in [3.63, 3.8) is 0 Å². The van der Waals surface area contributed by atoms with Crippen molar-refractivity contribution in [2.24, 2.45) is 0 Å². The van der Waals surface area contributed by atoms with Crippen molar-refractivity contribution in [3.05, 3.63) is 12.4 Å². The zero-order valence-electron chi connectivity index (χ0n) is 12.0. The fourth-order valence-corrected chi connectivity index (χ4v) is 3.75. The molecular formula is C15H26Br2CuN2. The topological polar surface area (TPSA) is 6.48 Å². The number of hydrogen-bond acceptors (Lipinski definition) is 2. The van der Waals surface area contributed by atoms with Crippen molar-refractivity contribution in [1.82, 2.24) is 9.80 Å². The van der Waals surface area contributed by atoms with Crippen LogP contribution in [0.2, 0.25) is 0 Å². The van der Waals surface area contributed by atoms with Crippen LogP contribution in [0.5, 0.6) is 0 Å². The molecule has 2 fully saturated rings. The molecule has 3 rings (SSSR count). The first-order valence-corrected chi connectivity index (χ1v) is 7.63. The molecule has 0 amide bonds. The van der Waals surface area contributed by atoms with Gasteiger partial charge in [0.05, 0.1) is 6.67 Å². The van der Waals surface area contributed by atoms with E-state index in [1.807, 2.05) is 0 Å². The molecule has 2 saturated carbocycles. The molecule has 5 heteroatoms. The van der Waals surface area contributed by atoms with E-state index in [1.54, 1.807) is 0 Å². The van der Waals surface area contributed by atoms with E-state index >= 15 is 0 Å². The summed E-state index contributed by atoms with van der Waals surface area (Å²) in [5.41, 5.74) is 0. The summed E-state index contributed by atoms with van der Waals surface area (Å²) in [5.74, 6) is 0. The molecule has 20 heavy (non-hydrogen) atoms. The van der Waals surface area contributed by atoms with E-state index in [1.165, 1.54) is 70.9 Å². The molecule has 1 aliphatic heterocycles. The second-order valence-corrected chi connectivity index (χ2v) is 6.05. The summed E-state index contributed by atoms with van der Waals surface area (Å²) < 4.78 is 0. The number of halogens is 2. The van der Waals surface area contributed by atoms with E-state index in [4.69, 9.17) is 0 Å². The maximum absolute atomic E-state index is 2.60. The Morgan fingerprint density at radius 3 is 1.30 bits per heavy atom. The van der Waals surface area contributed by atoms with Gasteiger partial charge in [-0.25, -0.2) is 0 Å². The first-order valence-electron chi connectivity index (χ1n) is 7.63. The van der Waals surface area contributed by atoms with E-state index in [0.29, 0.717) is 0 Å². The molecule has 0 bridgehead atoms. The average Bonchev–Trinajstić information content (AvgIpc) is 2.90. The molecule has 0 aromatic carbocycles. The van der Waals surface area contributed by atoms with Gasteiger partial charge in [-0.05, 0) is 25.7 Å². The average molecular weight is 458 g/mol. The van der Waals surface area contributed by atoms with Crippen LogP contribution in [0.15, 0.2) is 12.4 Å². The van der Waals surface area contributed by atoms with Crippen molar-refractivity contribution in [1.29, 1.82) is 0 Å². The quantitative estimate of drug-likeness (QED) is 0.431. The number of nitrogens with zero attached hydrogens (tertiary/aromatic N) is 2. The van der Waals surface area contributed by atoms with Crippen LogP contribution in [0.1, 0.15) is 64.2 Å². The van der Waals surface area contributed by atoms with Gasteiger partial charge in [0.25, 0.3) is 0 Å². The largest absolute Gasteiger partial charge is 2.00 e. The molecule has 0 spiro atoms. The Balaban J connectivity index is 0.00000120. The fourth-order valence-electron chi connectivity index (χ4n) is 3.75. The molecule has 1 heterocycles. The van der Waals surface area contributed by atoms with E-state index in [-0.39, 0.29) is 51.0 Å². The molecule has 2 aliphatic carbocycles. The van der Waals surface area contributed by atoms with Gasteiger partial charge in [0.15, 0.2) is 0 Å². The molecule has 0 aromatic heterocycles. The number of hydrogen-bond donors (Lipinski definition) is 0. The molecule has 0 saturated heterocycles. The van der Waals surface area contributed by atoms with E-state index in [0.717, 1.165) is 12.1 Å². The van der Waals surface area contributed by atoms with Crippen molar-refractivity contribution in [2.75, 3.05) is 6.67 Å². The van der Waals surface area contributed by atoms with Crippen LogP contribution in [0.4, 0.5) is 0 Å². The molecule has 2 nitrogen and oxygen atoms in total. The van der Waals surface area contributed by atoms with Gasteiger partial charge in [-0.2, -0.15) is 0 Å². The summed E-state index contributed by atoms with van der Waals surface area (Å²) in [4.78, 5) is 5.21. The molecule has 0 atom stereocenters. The standard InChI is InChI=1S/C15H26N2.2BrH.Cu/c1-3-7-14(8-4-1)16-11-12-17(13-16)15-9-5-2-6-10-15;;;/h11-12,14-15H,1-10,13H2;2*1H;/q;;;+2/p-2. The minimum Gasteiger partial charge on any atom is -1.00 e. The minimum absolute atomic E-state index is 0. The molecule has 1 radical (unpaired) electrons. The Labute approximate surface area is 155 Å². The second kappa shape index (κ2) is 10.5. The van der Waals surface area contributed by atoms with Gasteiger partial charge in [-0.3, -0.25) is 0 Å². The second-order valence-electron chi connectivity index (χ2n) is 6.05. The van der Waals surface area contributed by atoms with Gasteiger partial charge < -0.3 is 43.8 Å². The summed E-state index contributed by atoms with van der Waals surface area (Å²) in [7, 11) is 0. The fraction of sp³-hybridized carbons (Fsp3) is 0.867. The Hall–Kier alpha value is 0.819. The van der Waals surface area contributed by atoms with Gasteiger partial charge in [0.2, 0.25) is 0 Å². The van der Waals surface area contributed by atoms with Gasteiger partial charge in [0.1, 0.15) is 0 Å². The van der Waals surface area contributed by atoms with Crippen LogP contribution in [0, 0.1) is 0 Å². The molecule has 3 aliphatic rings. The van der Waals surface area contributed by atoms with E-state index in [2.05, 4.69) is 22.2 Å². The predicted octanol–water partition coefficient (Wildman–Crippen LogP) is -2.30. The molecule has 0 unspecified atom stereocenters. The van der Waals surface area contributed by atoms with Gasteiger partial charge in [-0.1, -0.05) is 38.5 Å². The summed E-state index contributed by atoms with van der Waals surface area (Å²) in [5, 5.41) is 0. The van der Waals surface area contributed by atoms with Crippen LogP contribution < -0.4 is 34.0 Å². The molecule has 0 N–H and O–H groups in total. The zero-order valence-corrected chi connectivity index (χ0v) is 16.2. The van der Waals surface area contributed by atoms with Crippen LogP contribution >= 0.6 is 0 Å². The molecule has 0 aromatic rings. The van der Waals surface area contributed by atoms with Gasteiger partial charge in [0, 0.05) is 24.5 Å². The Bertz CT molecular complexity index is 251. The third-order valence-electron chi connectivity index (χ3n) is 4.86. The maximum Gasteiger partial charge on any atom is 2.00 e. The van der Waals surface area contributed by atoms with Crippen molar-refractivity contribution >= 4 is 0 Å². The number of rotatable bonds is 2. The zero-order chi connectivity index (χ0) is 11.5. The van der Waals surface area contributed by atoms with Crippen molar-refractivity contribution in [2.45, 2.75) is 76.3 Å².